The predicted molar refractivity (Wildman–Crippen MR) is 80.4 cm³/mol. The smallest absolute Gasteiger partial charge is 0.183 e. The second kappa shape index (κ2) is 5.01. The predicted octanol–water partition coefficient (Wildman–Crippen LogP) is 3.07. The number of hydrogen-bond acceptors (Lipinski definition) is 3. The first kappa shape index (κ1) is 13.8. The molecule has 0 aromatic heterocycles. The number of nitriles is 1. The first-order chi connectivity index (χ1) is 10.1. The number of sulfone groups is 1. The molecule has 0 heterocycles. The van der Waals surface area contributed by atoms with E-state index in [1.807, 2.05) is 31.2 Å². The number of aryl methyl sites for hydroxylation is 1. The van der Waals surface area contributed by atoms with E-state index in [0.717, 1.165) is 11.1 Å². The maximum atomic E-state index is 12.7. The van der Waals surface area contributed by atoms with Gasteiger partial charge in [0.15, 0.2) is 9.84 Å². The largest absolute Gasteiger partial charge is 0.223 e. The molecule has 0 radical (unpaired) electrons. The maximum absolute atomic E-state index is 12.7. The van der Waals surface area contributed by atoms with Gasteiger partial charge in [-0.3, -0.25) is 0 Å². The summed E-state index contributed by atoms with van der Waals surface area (Å²) in [7, 11) is -3.46. The zero-order chi connectivity index (χ0) is 15.0. The van der Waals surface area contributed by atoms with E-state index in [1.165, 1.54) is 0 Å². The lowest BCUT2D eigenvalue weighted by Crippen LogP contribution is -2.10. The van der Waals surface area contributed by atoms with Crippen molar-refractivity contribution in [1.82, 2.24) is 0 Å². The Hall–Kier alpha value is -2.12. The highest BCUT2D eigenvalue weighted by Crippen LogP contribution is 2.53. The van der Waals surface area contributed by atoms with Gasteiger partial charge in [-0.05, 0) is 24.6 Å². The van der Waals surface area contributed by atoms with Crippen molar-refractivity contribution in [2.45, 2.75) is 23.0 Å². The van der Waals surface area contributed by atoms with Crippen LogP contribution in [0.15, 0.2) is 59.5 Å². The van der Waals surface area contributed by atoms with Gasteiger partial charge < -0.3 is 0 Å². The molecular weight excluding hydrogens is 282 g/mol. The molecule has 2 aromatic carbocycles. The van der Waals surface area contributed by atoms with Gasteiger partial charge in [-0.25, -0.2) is 8.42 Å². The molecule has 0 saturated heterocycles. The van der Waals surface area contributed by atoms with Crippen molar-refractivity contribution in [1.29, 1.82) is 5.26 Å². The lowest BCUT2D eigenvalue weighted by Gasteiger charge is -2.04. The summed E-state index contributed by atoms with van der Waals surface area (Å²) in [5.74, 6) is -0.682. The van der Waals surface area contributed by atoms with Crippen LogP contribution in [0.2, 0.25) is 0 Å². The van der Waals surface area contributed by atoms with Gasteiger partial charge in [0.25, 0.3) is 0 Å². The standard InChI is InChI=1S/C17H15NO2S/c1-12-7-9-13(10-8-12)16-15(11-18)17(16)21(19,20)14-5-3-2-4-6-14/h2-10,15-17H,1H3. The highest BCUT2D eigenvalue weighted by atomic mass is 32.2. The van der Waals surface area contributed by atoms with Crippen LogP contribution in [0.3, 0.4) is 0 Å². The van der Waals surface area contributed by atoms with E-state index in [2.05, 4.69) is 6.07 Å². The van der Waals surface area contributed by atoms with Gasteiger partial charge in [0.05, 0.1) is 22.1 Å². The summed E-state index contributed by atoms with van der Waals surface area (Å²) in [5, 5.41) is 8.63. The van der Waals surface area contributed by atoms with Crippen LogP contribution < -0.4 is 0 Å². The fourth-order valence-corrected chi connectivity index (χ4v) is 4.86. The van der Waals surface area contributed by atoms with Crippen molar-refractivity contribution in [3.05, 3.63) is 65.7 Å². The van der Waals surface area contributed by atoms with Crippen molar-refractivity contribution in [2.75, 3.05) is 0 Å². The van der Waals surface area contributed by atoms with E-state index in [9.17, 15) is 13.7 Å². The monoisotopic (exact) mass is 297 g/mol. The third-order valence-electron chi connectivity index (χ3n) is 4.00. The maximum Gasteiger partial charge on any atom is 0.183 e. The first-order valence-corrected chi connectivity index (χ1v) is 8.35. The van der Waals surface area contributed by atoms with E-state index < -0.39 is 21.0 Å². The molecule has 4 heteroatoms. The van der Waals surface area contributed by atoms with Gasteiger partial charge in [0.2, 0.25) is 0 Å². The lowest BCUT2D eigenvalue weighted by atomic mass is 10.1. The molecule has 1 fully saturated rings. The number of nitrogens with zero attached hydrogens (tertiary/aromatic N) is 1. The minimum atomic E-state index is -3.46. The molecule has 3 atom stereocenters. The quantitative estimate of drug-likeness (QED) is 0.874. The summed E-state index contributed by atoms with van der Waals surface area (Å²) in [6.45, 7) is 1.98. The molecule has 1 aliphatic carbocycles. The number of rotatable bonds is 3. The van der Waals surface area contributed by atoms with Crippen LogP contribution in [0.4, 0.5) is 0 Å². The molecule has 1 aliphatic rings. The van der Waals surface area contributed by atoms with E-state index >= 15 is 0 Å². The first-order valence-electron chi connectivity index (χ1n) is 6.81. The van der Waals surface area contributed by atoms with Crippen molar-refractivity contribution >= 4 is 9.84 Å². The van der Waals surface area contributed by atoms with Crippen molar-refractivity contribution in [2.24, 2.45) is 5.92 Å². The molecule has 21 heavy (non-hydrogen) atoms. The molecule has 106 valence electrons. The Morgan fingerprint density at radius 2 is 1.62 bits per heavy atom. The van der Waals surface area contributed by atoms with Gasteiger partial charge in [-0.1, -0.05) is 48.0 Å². The Bertz CT molecular complexity index is 789. The van der Waals surface area contributed by atoms with Gasteiger partial charge in [0, 0.05) is 5.92 Å². The van der Waals surface area contributed by atoms with E-state index in [0.29, 0.717) is 4.90 Å². The summed E-state index contributed by atoms with van der Waals surface area (Å²) in [4.78, 5) is 0.296. The van der Waals surface area contributed by atoms with Crippen molar-refractivity contribution in [3.8, 4) is 6.07 Å². The Morgan fingerprint density at radius 3 is 2.19 bits per heavy atom. The third-order valence-corrected chi connectivity index (χ3v) is 6.23. The fourth-order valence-electron chi connectivity index (χ4n) is 2.78. The normalized spacial score (nSPS) is 24.3. The van der Waals surface area contributed by atoms with Crippen molar-refractivity contribution < 1.29 is 8.42 Å². The van der Waals surface area contributed by atoms with Gasteiger partial charge in [-0.15, -0.1) is 0 Å². The van der Waals surface area contributed by atoms with E-state index in [4.69, 9.17) is 0 Å². The SMILES string of the molecule is Cc1ccc(C2C(C#N)C2S(=O)(=O)c2ccccc2)cc1. The number of benzene rings is 2. The fraction of sp³-hybridized carbons (Fsp3) is 0.235. The second-order valence-corrected chi connectivity index (χ2v) is 7.52. The zero-order valence-electron chi connectivity index (χ0n) is 11.6. The van der Waals surface area contributed by atoms with Gasteiger partial charge >= 0.3 is 0 Å². The minimum Gasteiger partial charge on any atom is -0.223 e. The van der Waals surface area contributed by atoms with E-state index in [1.54, 1.807) is 30.3 Å². The lowest BCUT2D eigenvalue weighted by molar-refractivity contribution is 0.593. The zero-order valence-corrected chi connectivity index (χ0v) is 12.4. The van der Waals surface area contributed by atoms with Crippen LogP contribution in [0.5, 0.6) is 0 Å². The average Bonchev–Trinajstić information content (AvgIpc) is 3.24. The molecule has 2 aromatic rings. The van der Waals surface area contributed by atoms with Crippen LogP contribution in [-0.2, 0) is 9.84 Å². The van der Waals surface area contributed by atoms with Crippen LogP contribution in [0, 0.1) is 24.2 Å². The molecule has 0 bridgehead atoms. The molecule has 3 rings (SSSR count). The van der Waals surface area contributed by atoms with Crippen LogP contribution in [-0.4, -0.2) is 13.7 Å². The Kier molecular flexibility index (Phi) is 3.30. The van der Waals surface area contributed by atoms with Crippen molar-refractivity contribution in [3.63, 3.8) is 0 Å². The van der Waals surface area contributed by atoms with Crippen LogP contribution in [0.25, 0.3) is 0 Å². The number of hydrogen-bond donors (Lipinski definition) is 0. The van der Waals surface area contributed by atoms with E-state index in [-0.39, 0.29) is 5.92 Å². The molecule has 0 spiro atoms. The summed E-state index contributed by atoms with van der Waals surface area (Å²) < 4.78 is 25.3. The summed E-state index contributed by atoms with van der Waals surface area (Å²) in [6, 6.07) is 18.3. The minimum absolute atomic E-state index is 0.221. The molecule has 0 aliphatic heterocycles. The van der Waals surface area contributed by atoms with Crippen LogP contribution in [0.1, 0.15) is 17.0 Å². The highest BCUT2D eigenvalue weighted by Gasteiger charge is 2.59. The molecule has 0 amide bonds. The summed E-state index contributed by atoms with van der Waals surface area (Å²) in [5.41, 5.74) is 2.05. The Morgan fingerprint density at radius 1 is 1.00 bits per heavy atom. The summed E-state index contributed by atoms with van der Waals surface area (Å²) in [6.07, 6.45) is 0. The van der Waals surface area contributed by atoms with Gasteiger partial charge in [-0.2, -0.15) is 5.26 Å². The topological polar surface area (TPSA) is 57.9 Å². The summed E-state index contributed by atoms with van der Waals surface area (Å²) >= 11 is 0. The Labute approximate surface area is 124 Å². The van der Waals surface area contributed by atoms with Gasteiger partial charge in [0.1, 0.15) is 0 Å². The molecule has 1 saturated carbocycles. The molecule has 3 unspecified atom stereocenters. The highest BCUT2D eigenvalue weighted by molar-refractivity contribution is 7.92. The second-order valence-electron chi connectivity index (χ2n) is 5.41. The Balaban J connectivity index is 1.96. The molecule has 0 N–H and O–H groups in total. The molecular formula is C17H15NO2S. The van der Waals surface area contributed by atoms with Crippen LogP contribution >= 0.6 is 0 Å². The molecule has 3 nitrogen and oxygen atoms in total. The third kappa shape index (κ3) is 2.34. The average molecular weight is 297 g/mol.